The van der Waals surface area contributed by atoms with Gasteiger partial charge in [0.25, 0.3) is 5.56 Å². The van der Waals surface area contributed by atoms with Gasteiger partial charge in [0.2, 0.25) is 0 Å². The monoisotopic (exact) mass is 236 g/mol. The predicted octanol–water partition coefficient (Wildman–Crippen LogP) is 1.37. The first kappa shape index (κ1) is 10.6. The Labute approximate surface area is 95.1 Å². The molecule has 0 atom stereocenters. The SMILES string of the molecule is COC(=O)c1ccc2c(=O)[nH]c(=S)[nH]c2c1. The van der Waals surface area contributed by atoms with Gasteiger partial charge in [0.15, 0.2) is 4.77 Å². The van der Waals surface area contributed by atoms with Crippen molar-refractivity contribution in [2.45, 2.75) is 0 Å². The molecule has 1 aromatic heterocycles. The van der Waals surface area contributed by atoms with Crippen molar-refractivity contribution in [3.05, 3.63) is 38.9 Å². The molecule has 82 valence electrons. The van der Waals surface area contributed by atoms with E-state index in [-0.39, 0.29) is 10.3 Å². The van der Waals surface area contributed by atoms with Gasteiger partial charge >= 0.3 is 5.97 Å². The van der Waals surface area contributed by atoms with Crippen LogP contribution in [-0.4, -0.2) is 23.0 Å². The highest BCUT2D eigenvalue weighted by atomic mass is 32.1. The van der Waals surface area contributed by atoms with Crippen molar-refractivity contribution in [2.75, 3.05) is 7.11 Å². The van der Waals surface area contributed by atoms with Gasteiger partial charge in [0.05, 0.1) is 23.6 Å². The number of hydrogen-bond donors (Lipinski definition) is 2. The first-order chi connectivity index (χ1) is 7.61. The van der Waals surface area contributed by atoms with E-state index >= 15 is 0 Å². The van der Waals surface area contributed by atoms with Gasteiger partial charge in [-0.25, -0.2) is 4.79 Å². The minimum atomic E-state index is -0.457. The molecule has 0 aliphatic heterocycles. The van der Waals surface area contributed by atoms with Crippen LogP contribution in [0.15, 0.2) is 23.0 Å². The number of aromatic amines is 2. The van der Waals surface area contributed by atoms with Crippen molar-refractivity contribution in [2.24, 2.45) is 0 Å². The second kappa shape index (κ2) is 3.90. The highest BCUT2D eigenvalue weighted by molar-refractivity contribution is 7.71. The van der Waals surface area contributed by atoms with Crippen LogP contribution in [0.4, 0.5) is 0 Å². The molecule has 2 aromatic rings. The molecular formula is C10H8N2O3S. The van der Waals surface area contributed by atoms with Crippen molar-refractivity contribution >= 4 is 29.1 Å². The molecule has 0 unspecified atom stereocenters. The maximum absolute atomic E-state index is 11.5. The summed E-state index contributed by atoms with van der Waals surface area (Å²) >= 11 is 4.84. The Hall–Kier alpha value is -1.95. The van der Waals surface area contributed by atoms with Gasteiger partial charge in [-0.3, -0.25) is 9.78 Å². The third kappa shape index (κ3) is 1.74. The second-order valence-corrected chi connectivity index (χ2v) is 3.57. The van der Waals surface area contributed by atoms with Crippen LogP contribution in [0.2, 0.25) is 0 Å². The molecule has 6 heteroatoms. The number of nitrogens with one attached hydrogen (secondary N) is 2. The Kier molecular flexibility index (Phi) is 2.57. The van der Waals surface area contributed by atoms with Crippen LogP contribution in [-0.2, 0) is 4.74 Å². The minimum Gasteiger partial charge on any atom is -0.465 e. The molecule has 0 fully saturated rings. The lowest BCUT2D eigenvalue weighted by molar-refractivity contribution is 0.0601. The number of benzene rings is 1. The number of H-pyrrole nitrogens is 2. The Morgan fingerprint density at radius 3 is 2.81 bits per heavy atom. The summed E-state index contributed by atoms with van der Waals surface area (Å²) in [4.78, 5) is 28.0. The summed E-state index contributed by atoms with van der Waals surface area (Å²) in [6, 6.07) is 4.61. The molecule has 2 rings (SSSR count). The maximum atomic E-state index is 11.5. The van der Waals surface area contributed by atoms with E-state index < -0.39 is 5.97 Å². The smallest absolute Gasteiger partial charge is 0.337 e. The first-order valence-electron chi connectivity index (χ1n) is 4.46. The van der Waals surface area contributed by atoms with E-state index in [4.69, 9.17) is 12.2 Å². The van der Waals surface area contributed by atoms with E-state index in [1.807, 2.05) is 0 Å². The summed E-state index contributed by atoms with van der Waals surface area (Å²) in [5, 5.41) is 0.446. The van der Waals surface area contributed by atoms with Crippen molar-refractivity contribution < 1.29 is 9.53 Å². The number of rotatable bonds is 1. The summed E-state index contributed by atoms with van der Waals surface area (Å²) in [7, 11) is 1.30. The lowest BCUT2D eigenvalue weighted by atomic mass is 10.1. The number of hydrogen-bond acceptors (Lipinski definition) is 4. The van der Waals surface area contributed by atoms with Crippen LogP contribution in [0.25, 0.3) is 10.9 Å². The van der Waals surface area contributed by atoms with Gasteiger partial charge in [0, 0.05) is 0 Å². The zero-order valence-electron chi connectivity index (χ0n) is 8.37. The van der Waals surface area contributed by atoms with E-state index in [1.165, 1.54) is 19.2 Å². The number of ether oxygens (including phenoxy) is 1. The summed E-state index contributed by atoms with van der Waals surface area (Å²) in [6.07, 6.45) is 0. The average molecular weight is 236 g/mol. The summed E-state index contributed by atoms with van der Waals surface area (Å²) in [5.74, 6) is -0.457. The number of methoxy groups -OCH3 is 1. The summed E-state index contributed by atoms with van der Waals surface area (Å²) < 4.78 is 4.80. The molecule has 1 aromatic carbocycles. The molecular weight excluding hydrogens is 228 g/mol. The van der Waals surface area contributed by atoms with E-state index in [9.17, 15) is 9.59 Å². The molecule has 0 saturated heterocycles. The minimum absolute atomic E-state index is 0.222. The Morgan fingerprint density at radius 1 is 1.38 bits per heavy atom. The van der Waals surface area contributed by atoms with E-state index in [2.05, 4.69) is 14.7 Å². The third-order valence-electron chi connectivity index (χ3n) is 2.16. The Balaban J connectivity index is 2.76. The van der Waals surface area contributed by atoms with Crippen LogP contribution in [0.3, 0.4) is 0 Å². The molecule has 0 saturated carbocycles. The average Bonchev–Trinajstić information content (AvgIpc) is 2.27. The Morgan fingerprint density at radius 2 is 2.12 bits per heavy atom. The molecule has 0 amide bonds. The van der Waals surface area contributed by atoms with Crippen molar-refractivity contribution in [1.29, 1.82) is 0 Å². The van der Waals surface area contributed by atoms with Crippen LogP contribution < -0.4 is 5.56 Å². The van der Waals surface area contributed by atoms with E-state index in [0.717, 1.165) is 0 Å². The van der Waals surface area contributed by atoms with Gasteiger partial charge in [-0.05, 0) is 30.4 Å². The fourth-order valence-corrected chi connectivity index (χ4v) is 1.62. The fraction of sp³-hybridized carbons (Fsp3) is 0.100. The number of carbonyl (C=O) groups is 1. The van der Waals surface area contributed by atoms with Crippen molar-refractivity contribution in [3.8, 4) is 0 Å². The molecule has 0 bridgehead atoms. The molecule has 16 heavy (non-hydrogen) atoms. The molecule has 2 N–H and O–H groups in total. The number of esters is 1. The lowest BCUT2D eigenvalue weighted by Crippen LogP contribution is -2.09. The topological polar surface area (TPSA) is 75.0 Å². The van der Waals surface area contributed by atoms with Crippen LogP contribution in [0, 0.1) is 4.77 Å². The van der Waals surface area contributed by atoms with Crippen LogP contribution in [0.1, 0.15) is 10.4 Å². The first-order valence-corrected chi connectivity index (χ1v) is 4.87. The number of fused-ring (bicyclic) bond motifs is 1. The van der Waals surface area contributed by atoms with Gasteiger partial charge in [-0.2, -0.15) is 0 Å². The van der Waals surface area contributed by atoms with Gasteiger partial charge in [-0.15, -0.1) is 0 Å². The second-order valence-electron chi connectivity index (χ2n) is 3.16. The highest BCUT2D eigenvalue weighted by Crippen LogP contribution is 2.10. The van der Waals surface area contributed by atoms with Gasteiger partial charge in [0.1, 0.15) is 0 Å². The molecule has 1 heterocycles. The predicted molar refractivity (Wildman–Crippen MR) is 61.1 cm³/mol. The fourth-order valence-electron chi connectivity index (χ4n) is 1.41. The zero-order chi connectivity index (χ0) is 11.7. The standard InChI is InChI=1S/C10H8N2O3S/c1-15-9(14)5-2-3-6-7(4-5)11-10(16)12-8(6)13/h2-4H,1H3,(H2,11,12,13,16). The van der Waals surface area contributed by atoms with Crippen LogP contribution >= 0.6 is 12.2 Å². The lowest BCUT2D eigenvalue weighted by Gasteiger charge is -2.01. The normalized spacial score (nSPS) is 10.3. The number of aromatic nitrogens is 2. The molecule has 0 spiro atoms. The summed E-state index contributed by atoms with van der Waals surface area (Å²) in [6.45, 7) is 0. The van der Waals surface area contributed by atoms with Crippen LogP contribution in [0.5, 0.6) is 0 Å². The van der Waals surface area contributed by atoms with E-state index in [1.54, 1.807) is 6.07 Å². The Bertz CT molecular complexity index is 672. The largest absolute Gasteiger partial charge is 0.465 e. The summed E-state index contributed by atoms with van der Waals surface area (Å²) in [5.41, 5.74) is 0.595. The molecule has 5 nitrogen and oxygen atoms in total. The number of carbonyl (C=O) groups excluding carboxylic acids is 1. The van der Waals surface area contributed by atoms with Gasteiger partial charge in [-0.1, -0.05) is 0 Å². The zero-order valence-corrected chi connectivity index (χ0v) is 9.18. The van der Waals surface area contributed by atoms with Crippen molar-refractivity contribution in [1.82, 2.24) is 9.97 Å². The van der Waals surface area contributed by atoms with Gasteiger partial charge < -0.3 is 9.72 Å². The van der Waals surface area contributed by atoms with Crippen molar-refractivity contribution in [3.63, 3.8) is 0 Å². The molecule has 0 aliphatic rings. The highest BCUT2D eigenvalue weighted by Gasteiger charge is 2.07. The van der Waals surface area contributed by atoms with E-state index in [0.29, 0.717) is 16.5 Å². The third-order valence-corrected chi connectivity index (χ3v) is 2.36. The maximum Gasteiger partial charge on any atom is 0.337 e. The quantitative estimate of drug-likeness (QED) is 0.579. The molecule has 0 radical (unpaired) electrons. The molecule has 0 aliphatic carbocycles.